The summed E-state index contributed by atoms with van der Waals surface area (Å²) in [7, 11) is 1.96. The van der Waals surface area contributed by atoms with Crippen LogP contribution in [-0.4, -0.2) is 24.5 Å². The third kappa shape index (κ3) is 1.76. The molecule has 14 heavy (non-hydrogen) atoms. The van der Waals surface area contributed by atoms with E-state index in [0.29, 0.717) is 6.73 Å². The summed E-state index contributed by atoms with van der Waals surface area (Å²) in [6, 6.07) is 0. The zero-order valence-corrected chi connectivity index (χ0v) is 8.05. The summed E-state index contributed by atoms with van der Waals surface area (Å²) in [6.45, 7) is 0.528. The van der Waals surface area contributed by atoms with E-state index >= 15 is 0 Å². The lowest BCUT2D eigenvalue weighted by Crippen LogP contribution is -2.23. The third-order valence-electron chi connectivity index (χ3n) is 2.02. The lowest BCUT2D eigenvalue weighted by Gasteiger charge is -2.10. The van der Waals surface area contributed by atoms with E-state index in [2.05, 4.69) is 5.16 Å². The smallest absolute Gasteiger partial charge is 0.190 e. The summed E-state index contributed by atoms with van der Waals surface area (Å²) in [5, 5.41) is 3.98. The third-order valence-corrected chi connectivity index (χ3v) is 2.02. The minimum Gasteiger partial charge on any atom is -0.372 e. The molecule has 0 N–H and O–H groups in total. The van der Waals surface area contributed by atoms with Crippen molar-refractivity contribution in [3.63, 3.8) is 0 Å². The van der Waals surface area contributed by atoms with E-state index in [-0.39, 0.29) is 0 Å². The minimum atomic E-state index is 0.528. The SMILES string of the molecule is CN1CON=C1C1=C/C=C\C=C/C=C\1. The van der Waals surface area contributed by atoms with Crippen LogP contribution in [0.1, 0.15) is 0 Å². The first-order valence-electron chi connectivity index (χ1n) is 4.51. The van der Waals surface area contributed by atoms with Crippen LogP contribution < -0.4 is 0 Å². The van der Waals surface area contributed by atoms with Gasteiger partial charge in [0.15, 0.2) is 12.6 Å². The molecule has 0 spiro atoms. The largest absolute Gasteiger partial charge is 0.372 e. The van der Waals surface area contributed by atoms with Crippen molar-refractivity contribution in [2.24, 2.45) is 5.16 Å². The molecule has 0 atom stereocenters. The molecule has 0 radical (unpaired) electrons. The van der Waals surface area contributed by atoms with Crippen molar-refractivity contribution < 1.29 is 4.84 Å². The highest BCUT2D eigenvalue weighted by molar-refractivity contribution is 6.01. The molecule has 0 aromatic rings. The van der Waals surface area contributed by atoms with E-state index < -0.39 is 0 Å². The number of allylic oxidation sites excluding steroid dienone is 6. The van der Waals surface area contributed by atoms with E-state index in [0.717, 1.165) is 11.4 Å². The predicted octanol–water partition coefficient (Wildman–Crippen LogP) is 1.83. The Kier molecular flexibility index (Phi) is 2.49. The molecule has 3 nitrogen and oxygen atoms in total. The fourth-order valence-corrected chi connectivity index (χ4v) is 1.30. The topological polar surface area (TPSA) is 24.8 Å². The van der Waals surface area contributed by atoms with Crippen LogP contribution in [0.2, 0.25) is 0 Å². The molecule has 72 valence electrons. The molecule has 0 bridgehead atoms. The number of hydrogen-bond donors (Lipinski definition) is 0. The molecule has 0 fully saturated rings. The molecule has 2 aliphatic rings. The first-order valence-corrected chi connectivity index (χ1v) is 4.51. The maximum Gasteiger partial charge on any atom is 0.190 e. The second-order valence-electron chi connectivity index (χ2n) is 3.12. The molecular weight excluding hydrogens is 176 g/mol. The van der Waals surface area contributed by atoms with Gasteiger partial charge in [-0.2, -0.15) is 0 Å². The zero-order valence-electron chi connectivity index (χ0n) is 8.05. The molecule has 0 saturated carbocycles. The first-order chi connectivity index (χ1) is 6.88. The van der Waals surface area contributed by atoms with Crippen LogP contribution >= 0.6 is 0 Å². The van der Waals surface area contributed by atoms with Crippen molar-refractivity contribution >= 4 is 5.84 Å². The Morgan fingerprint density at radius 3 is 2.79 bits per heavy atom. The van der Waals surface area contributed by atoms with Gasteiger partial charge in [0.2, 0.25) is 0 Å². The highest BCUT2D eigenvalue weighted by Crippen LogP contribution is 2.11. The van der Waals surface area contributed by atoms with Gasteiger partial charge in [-0.15, -0.1) is 0 Å². The van der Waals surface area contributed by atoms with Gasteiger partial charge in [0.05, 0.1) is 0 Å². The number of oxime groups is 1. The standard InChI is InChI=1S/C11H12N2O/c1-13-9-14-12-11(13)10-7-5-3-2-4-6-8-10/h2-8H,9H2,1H3/b3-2-,4-2?,5-3?,6-4-,7-5-,8-6?,10-7?,10-8+. The highest BCUT2D eigenvalue weighted by Gasteiger charge is 2.16. The molecule has 0 amide bonds. The number of hydrogen-bond acceptors (Lipinski definition) is 3. The monoisotopic (exact) mass is 188 g/mol. The van der Waals surface area contributed by atoms with Gasteiger partial charge in [-0.25, -0.2) is 0 Å². The molecule has 1 heterocycles. The van der Waals surface area contributed by atoms with Gasteiger partial charge in [0.25, 0.3) is 0 Å². The van der Waals surface area contributed by atoms with Crippen molar-refractivity contribution in [2.45, 2.75) is 0 Å². The van der Waals surface area contributed by atoms with E-state index in [4.69, 9.17) is 4.84 Å². The van der Waals surface area contributed by atoms with Crippen LogP contribution in [0.5, 0.6) is 0 Å². The van der Waals surface area contributed by atoms with Crippen LogP contribution in [0, 0.1) is 0 Å². The maximum absolute atomic E-state index is 4.99. The van der Waals surface area contributed by atoms with Gasteiger partial charge in [-0.3, -0.25) is 0 Å². The number of likely N-dealkylation sites (N-methyl/N-ethyl adjacent to an activating group) is 1. The second kappa shape index (κ2) is 3.96. The summed E-state index contributed by atoms with van der Waals surface area (Å²) < 4.78 is 0. The zero-order chi connectivity index (χ0) is 9.80. The van der Waals surface area contributed by atoms with E-state index in [9.17, 15) is 0 Å². The van der Waals surface area contributed by atoms with E-state index in [1.165, 1.54) is 0 Å². The van der Waals surface area contributed by atoms with Crippen molar-refractivity contribution in [3.05, 3.63) is 48.1 Å². The van der Waals surface area contributed by atoms with Crippen LogP contribution in [-0.2, 0) is 4.84 Å². The summed E-state index contributed by atoms with van der Waals surface area (Å²) in [6.07, 6.45) is 14.0. The second-order valence-corrected chi connectivity index (χ2v) is 3.12. The first kappa shape index (κ1) is 8.81. The molecule has 1 aliphatic heterocycles. The summed E-state index contributed by atoms with van der Waals surface area (Å²) >= 11 is 0. The maximum atomic E-state index is 4.99. The molecule has 2 rings (SSSR count). The highest BCUT2D eigenvalue weighted by atomic mass is 16.7. The van der Waals surface area contributed by atoms with E-state index in [1.807, 2.05) is 54.5 Å². The van der Waals surface area contributed by atoms with Gasteiger partial charge in [0, 0.05) is 12.6 Å². The van der Waals surface area contributed by atoms with Crippen molar-refractivity contribution in [2.75, 3.05) is 13.8 Å². The fourth-order valence-electron chi connectivity index (χ4n) is 1.30. The molecule has 0 saturated heterocycles. The quantitative estimate of drug-likeness (QED) is 0.627. The van der Waals surface area contributed by atoms with Crippen molar-refractivity contribution in [1.82, 2.24) is 4.90 Å². The number of rotatable bonds is 1. The molecule has 0 aromatic carbocycles. The molecular formula is C11H12N2O. The average Bonchev–Trinajstić information content (AvgIpc) is 2.51. The van der Waals surface area contributed by atoms with Crippen LogP contribution in [0.25, 0.3) is 0 Å². The van der Waals surface area contributed by atoms with Gasteiger partial charge in [-0.1, -0.05) is 47.7 Å². The van der Waals surface area contributed by atoms with Crippen LogP contribution in [0.3, 0.4) is 0 Å². The number of nitrogens with zero attached hydrogens (tertiary/aromatic N) is 2. The molecule has 1 aliphatic carbocycles. The Balaban J connectivity index is 2.25. The van der Waals surface area contributed by atoms with Gasteiger partial charge >= 0.3 is 0 Å². The minimum absolute atomic E-state index is 0.528. The summed E-state index contributed by atoms with van der Waals surface area (Å²) in [5.41, 5.74) is 1.06. The van der Waals surface area contributed by atoms with Gasteiger partial charge in [-0.05, 0) is 0 Å². The molecule has 0 aromatic heterocycles. The van der Waals surface area contributed by atoms with Crippen LogP contribution in [0.4, 0.5) is 0 Å². The van der Waals surface area contributed by atoms with Crippen molar-refractivity contribution in [3.8, 4) is 0 Å². The molecule has 3 heteroatoms. The Labute approximate surface area is 83.3 Å². The summed E-state index contributed by atoms with van der Waals surface area (Å²) in [5.74, 6) is 0.876. The van der Waals surface area contributed by atoms with E-state index in [1.54, 1.807) is 0 Å². The van der Waals surface area contributed by atoms with Gasteiger partial charge in [0.1, 0.15) is 0 Å². The number of amidine groups is 1. The normalized spacial score (nSPS) is 30.5. The van der Waals surface area contributed by atoms with Crippen molar-refractivity contribution in [1.29, 1.82) is 0 Å². The molecule has 0 unspecified atom stereocenters. The Hall–Kier alpha value is -1.77. The Morgan fingerprint density at radius 2 is 2.00 bits per heavy atom. The lowest BCUT2D eigenvalue weighted by atomic mass is 10.1. The Bertz CT molecular complexity index is 361. The summed E-state index contributed by atoms with van der Waals surface area (Å²) in [4.78, 5) is 6.96. The Morgan fingerprint density at radius 1 is 1.21 bits per heavy atom. The van der Waals surface area contributed by atoms with Gasteiger partial charge < -0.3 is 9.74 Å². The lowest BCUT2D eigenvalue weighted by molar-refractivity contribution is 0.120. The average molecular weight is 188 g/mol. The fraction of sp³-hybridized carbons (Fsp3) is 0.182. The van der Waals surface area contributed by atoms with Crippen LogP contribution in [0.15, 0.2) is 53.3 Å². The predicted molar refractivity (Wildman–Crippen MR) is 56.7 cm³/mol.